The van der Waals surface area contributed by atoms with Crippen LogP contribution in [0.3, 0.4) is 0 Å². The fourth-order valence-electron chi connectivity index (χ4n) is 3.39. The number of pyridine rings is 1. The average molecular weight is 371 g/mol. The van der Waals surface area contributed by atoms with E-state index in [1.54, 1.807) is 0 Å². The first-order chi connectivity index (χ1) is 13.1. The molecule has 1 aromatic heterocycles. The minimum Gasteiger partial charge on any atom is -0.491 e. The number of fused-ring (bicyclic) bond motifs is 1. The number of nitrogens with two attached hydrogens (primary N) is 1. The number of aromatic nitrogens is 1. The van der Waals surface area contributed by atoms with Gasteiger partial charge in [0.05, 0.1) is 17.4 Å². The Morgan fingerprint density at radius 3 is 2.70 bits per heavy atom. The van der Waals surface area contributed by atoms with Crippen molar-refractivity contribution in [2.75, 3.05) is 18.9 Å². The Bertz CT molecular complexity index is 810. The third-order valence-electron chi connectivity index (χ3n) is 4.59. The zero-order chi connectivity index (χ0) is 19.6. The Balaban J connectivity index is 0.000000817. The first-order valence-corrected chi connectivity index (χ1v) is 9.12. The quantitative estimate of drug-likeness (QED) is 0.782. The predicted molar refractivity (Wildman–Crippen MR) is 101 cm³/mol. The molecule has 0 atom stereocenters. The first-order valence-electron chi connectivity index (χ1n) is 9.12. The van der Waals surface area contributed by atoms with Crippen molar-refractivity contribution in [2.24, 2.45) is 5.92 Å². The molecule has 1 aliphatic carbocycles. The van der Waals surface area contributed by atoms with Gasteiger partial charge in [-0.3, -0.25) is 9.78 Å². The summed E-state index contributed by atoms with van der Waals surface area (Å²) in [6.45, 7) is 2.85. The fourth-order valence-corrected chi connectivity index (χ4v) is 3.39. The monoisotopic (exact) mass is 371 g/mol. The van der Waals surface area contributed by atoms with Gasteiger partial charge in [-0.1, -0.05) is 25.3 Å². The molecule has 7 nitrogen and oxygen atoms in total. The maximum Gasteiger partial charge on any atom is 0.373 e. The number of rotatable bonds is 5. The van der Waals surface area contributed by atoms with Gasteiger partial charge in [-0.25, -0.2) is 0 Å². The predicted octanol–water partition coefficient (Wildman–Crippen LogP) is 2.62. The van der Waals surface area contributed by atoms with Crippen LogP contribution in [0.4, 0.5) is 5.69 Å². The lowest BCUT2D eigenvalue weighted by Crippen LogP contribution is -2.34. The molecule has 0 aliphatic heterocycles. The molecule has 27 heavy (non-hydrogen) atoms. The van der Waals surface area contributed by atoms with Crippen LogP contribution >= 0.6 is 0 Å². The molecule has 1 fully saturated rings. The molecule has 1 saturated carbocycles. The lowest BCUT2D eigenvalue weighted by atomic mass is 9.89. The van der Waals surface area contributed by atoms with Gasteiger partial charge in [0.15, 0.2) is 0 Å². The van der Waals surface area contributed by atoms with Crippen molar-refractivity contribution >= 4 is 28.6 Å². The summed E-state index contributed by atoms with van der Waals surface area (Å²) in [5, 5.41) is 3.82. The molecule has 1 amide bonds. The molecule has 1 aromatic carbocycles. The molecule has 3 N–H and O–H groups in total. The standard InChI is InChI=1S/C19H25N3O2.CO2/c1-13-12-15(20)18-16(22-13)8-5-9-17(18)24-11-10-21-19(23)14-6-3-2-4-7-14;2-1-3/h5,8-9,12,14H,2-4,6-7,10-11H2,1H3,(H2,20,22)(H,21,23);. The largest absolute Gasteiger partial charge is 0.491 e. The number of aryl methyl sites for hydroxylation is 1. The van der Waals surface area contributed by atoms with Gasteiger partial charge in [0.25, 0.3) is 0 Å². The lowest BCUT2D eigenvalue weighted by Gasteiger charge is -2.20. The number of amides is 1. The highest BCUT2D eigenvalue weighted by molar-refractivity contribution is 5.95. The zero-order valence-corrected chi connectivity index (χ0v) is 15.5. The van der Waals surface area contributed by atoms with Gasteiger partial charge in [-0.05, 0) is 38.0 Å². The van der Waals surface area contributed by atoms with Crippen molar-refractivity contribution in [2.45, 2.75) is 39.0 Å². The van der Waals surface area contributed by atoms with Crippen molar-refractivity contribution in [3.05, 3.63) is 30.0 Å². The van der Waals surface area contributed by atoms with Crippen LogP contribution in [-0.4, -0.2) is 30.2 Å². The SMILES string of the molecule is Cc1cc(N)c2c(OCCNC(=O)C3CCCCC3)cccc2n1.O=C=O. The van der Waals surface area contributed by atoms with Crippen molar-refractivity contribution < 1.29 is 19.1 Å². The zero-order valence-electron chi connectivity index (χ0n) is 15.5. The maximum atomic E-state index is 12.1. The van der Waals surface area contributed by atoms with Gasteiger partial charge in [-0.2, -0.15) is 9.59 Å². The second-order valence-corrected chi connectivity index (χ2v) is 6.56. The van der Waals surface area contributed by atoms with Gasteiger partial charge in [0, 0.05) is 17.3 Å². The van der Waals surface area contributed by atoms with E-state index in [0.717, 1.165) is 42.3 Å². The molecule has 0 unspecified atom stereocenters. The van der Waals surface area contributed by atoms with Crippen molar-refractivity contribution in [3.8, 4) is 5.75 Å². The Morgan fingerprint density at radius 1 is 1.30 bits per heavy atom. The van der Waals surface area contributed by atoms with Crippen LogP contribution in [0, 0.1) is 12.8 Å². The molecule has 1 heterocycles. The number of nitrogens with zero attached hydrogens (tertiary/aromatic N) is 1. The molecule has 0 saturated heterocycles. The summed E-state index contributed by atoms with van der Waals surface area (Å²) < 4.78 is 5.84. The van der Waals surface area contributed by atoms with Crippen LogP contribution in [0.5, 0.6) is 5.75 Å². The van der Waals surface area contributed by atoms with Crippen molar-refractivity contribution in [3.63, 3.8) is 0 Å². The summed E-state index contributed by atoms with van der Waals surface area (Å²) in [4.78, 5) is 32.9. The molecular formula is C20H25N3O4. The average Bonchev–Trinajstić information content (AvgIpc) is 2.66. The molecule has 3 rings (SSSR count). The van der Waals surface area contributed by atoms with Gasteiger partial charge >= 0.3 is 6.15 Å². The summed E-state index contributed by atoms with van der Waals surface area (Å²) in [6, 6.07) is 7.57. The number of benzene rings is 1. The second-order valence-electron chi connectivity index (χ2n) is 6.56. The van der Waals surface area contributed by atoms with Gasteiger partial charge in [0.2, 0.25) is 5.91 Å². The molecule has 2 aromatic rings. The first kappa shape index (κ1) is 20.4. The van der Waals surface area contributed by atoms with E-state index in [1.165, 1.54) is 6.42 Å². The number of carbonyl (C=O) groups excluding carboxylic acids is 3. The van der Waals surface area contributed by atoms with Crippen LogP contribution in [0.2, 0.25) is 0 Å². The Morgan fingerprint density at radius 2 is 2.00 bits per heavy atom. The number of carbonyl (C=O) groups is 1. The Hall–Kier alpha value is -2.92. The molecule has 144 valence electrons. The number of anilines is 1. The molecule has 0 radical (unpaired) electrons. The Kier molecular flexibility index (Phi) is 7.77. The number of nitrogen functional groups attached to an aromatic ring is 1. The number of hydrogen-bond donors (Lipinski definition) is 2. The highest BCUT2D eigenvalue weighted by atomic mass is 16.5. The van der Waals surface area contributed by atoms with E-state index in [-0.39, 0.29) is 18.0 Å². The van der Waals surface area contributed by atoms with Gasteiger partial charge in [-0.15, -0.1) is 0 Å². The number of nitrogens with one attached hydrogen (secondary N) is 1. The molecule has 0 spiro atoms. The topological polar surface area (TPSA) is 111 Å². The van der Waals surface area contributed by atoms with E-state index >= 15 is 0 Å². The van der Waals surface area contributed by atoms with Crippen LogP contribution < -0.4 is 15.8 Å². The van der Waals surface area contributed by atoms with Crippen LogP contribution in [0.1, 0.15) is 37.8 Å². The normalized spacial score (nSPS) is 14.0. The van der Waals surface area contributed by atoms with E-state index in [2.05, 4.69) is 10.3 Å². The van der Waals surface area contributed by atoms with E-state index in [1.807, 2.05) is 31.2 Å². The Labute approximate surface area is 158 Å². The van der Waals surface area contributed by atoms with E-state index < -0.39 is 0 Å². The molecule has 0 bridgehead atoms. The van der Waals surface area contributed by atoms with Gasteiger partial charge in [0.1, 0.15) is 12.4 Å². The summed E-state index contributed by atoms with van der Waals surface area (Å²) in [6.07, 6.45) is 5.85. The van der Waals surface area contributed by atoms with E-state index in [4.69, 9.17) is 20.1 Å². The lowest BCUT2D eigenvalue weighted by molar-refractivity contribution is -0.191. The highest BCUT2D eigenvalue weighted by Gasteiger charge is 2.20. The summed E-state index contributed by atoms with van der Waals surface area (Å²) in [7, 11) is 0. The van der Waals surface area contributed by atoms with E-state index in [9.17, 15) is 4.79 Å². The minimum absolute atomic E-state index is 0.160. The number of ether oxygens (including phenoxy) is 1. The number of hydrogen-bond acceptors (Lipinski definition) is 6. The van der Waals surface area contributed by atoms with Crippen LogP contribution in [0.25, 0.3) is 10.9 Å². The second kappa shape index (κ2) is 10.3. The van der Waals surface area contributed by atoms with E-state index in [0.29, 0.717) is 24.6 Å². The molecule has 1 aliphatic rings. The smallest absolute Gasteiger partial charge is 0.373 e. The fraction of sp³-hybridized carbons (Fsp3) is 0.450. The van der Waals surface area contributed by atoms with Crippen LogP contribution in [-0.2, 0) is 14.4 Å². The van der Waals surface area contributed by atoms with Gasteiger partial charge < -0.3 is 15.8 Å². The highest BCUT2D eigenvalue weighted by Crippen LogP contribution is 2.30. The van der Waals surface area contributed by atoms with Crippen molar-refractivity contribution in [1.82, 2.24) is 10.3 Å². The van der Waals surface area contributed by atoms with Crippen molar-refractivity contribution in [1.29, 1.82) is 0 Å². The summed E-state index contributed by atoms with van der Waals surface area (Å²) in [5.41, 5.74) is 8.50. The summed E-state index contributed by atoms with van der Waals surface area (Å²) >= 11 is 0. The third kappa shape index (κ3) is 5.79. The molecular weight excluding hydrogens is 346 g/mol. The minimum atomic E-state index is 0.160. The molecule has 7 heteroatoms. The maximum absolute atomic E-state index is 12.1. The summed E-state index contributed by atoms with van der Waals surface area (Å²) in [5.74, 6) is 1.05. The third-order valence-corrected chi connectivity index (χ3v) is 4.59. The van der Waals surface area contributed by atoms with Crippen LogP contribution in [0.15, 0.2) is 24.3 Å².